The topological polar surface area (TPSA) is 38.3 Å². The zero-order valence-electron chi connectivity index (χ0n) is 14.7. The largest absolute Gasteiger partial charge is 0.497 e. The van der Waals surface area contributed by atoms with E-state index in [-0.39, 0.29) is 11.9 Å². The Morgan fingerprint density at radius 3 is 2.38 bits per heavy atom. The van der Waals surface area contributed by atoms with Crippen molar-refractivity contribution in [3.05, 3.63) is 59.7 Å². The van der Waals surface area contributed by atoms with Crippen LogP contribution < -0.4 is 10.1 Å². The maximum atomic E-state index is 12.4. The quantitative estimate of drug-likeness (QED) is 0.746. The molecule has 0 radical (unpaired) electrons. The van der Waals surface area contributed by atoms with Crippen molar-refractivity contribution in [2.75, 3.05) is 12.9 Å². The second-order valence-electron chi connectivity index (χ2n) is 6.12. The number of hydrogen-bond acceptors (Lipinski definition) is 3. The molecule has 0 spiro atoms. The Labute approximate surface area is 148 Å². The molecule has 2 rings (SSSR count). The summed E-state index contributed by atoms with van der Waals surface area (Å²) >= 11 is 1.58. The van der Waals surface area contributed by atoms with Gasteiger partial charge in [-0.1, -0.05) is 44.2 Å². The normalized spacial score (nSPS) is 12.0. The lowest BCUT2D eigenvalue weighted by molar-refractivity contribution is -0.119. The van der Waals surface area contributed by atoms with Crippen LogP contribution in [0, 0.1) is 12.8 Å². The van der Waals surface area contributed by atoms with Gasteiger partial charge in [0.05, 0.1) is 18.9 Å². The van der Waals surface area contributed by atoms with Gasteiger partial charge in [0.1, 0.15) is 5.75 Å². The number of amides is 1. The SMILES string of the molecule is COc1ccc([C@H](NC(=O)CSc2ccccc2C)C(C)C)cc1. The Balaban J connectivity index is 1.99. The number of methoxy groups -OCH3 is 1. The van der Waals surface area contributed by atoms with Gasteiger partial charge in [-0.05, 0) is 42.2 Å². The predicted molar refractivity (Wildman–Crippen MR) is 101 cm³/mol. The van der Waals surface area contributed by atoms with Crippen LogP contribution in [0.4, 0.5) is 0 Å². The van der Waals surface area contributed by atoms with Crippen LogP contribution in [-0.2, 0) is 4.79 Å². The zero-order chi connectivity index (χ0) is 17.5. The number of rotatable bonds is 7. The van der Waals surface area contributed by atoms with E-state index in [1.54, 1.807) is 18.9 Å². The molecule has 4 heteroatoms. The third-order valence-corrected chi connectivity index (χ3v) is 5.09. The van der Waals surface area contributed by atoms with Gasteiger partial charge in [0.2, 0.25) is 5.91 Å². The van der Waals surface area contributed by atoms with Crippen molar-refractivity contribution >= 4 is 17.7 Å². The number of carbonyl (C=O) groups is 1. The van der Waals surface area contributed by atoms with Crippen LogP contribution >= 0.6 is 11.8 Å². The molecule has 0 bridgehead atoms. The lowest BCUT2D eigenvalue weighted by Gasteiger charge is -2.23. The van der Waals surface area contributed by atoms with Crippen LogP contribution in [0.3, 0.4) is 0 Å². The van der Waals surface area contributed by atoms with Crippen molar-refractivity contribution < 1.29 is 9.53 Å². The summed E-state index contributed by atoms with van der Waals surface area (Å²) < 4.78 is 5.20. The van der Waals surface area contributed by atoms with Crippen LogP contribution in [0.15, 0.2) is 53.4 Å². The molecule has 0 aliphatic carbocycles. The van der Waals surface area contributed by atoms with E-state index in [1.165, 1.54) is 5.56 Å². The first-order valence-electron chi connectivity index (χ1n) is 8.13. The summed E-state index contributed by atoms with van der Waals surface area (Å²) in [6.45, 7) is 6.29. The van der Waals surface area contributed by atoms with Crippen molar-refractivity contribution in [2.45, 2.75) is 31.7 Å². The third-order valence-electron chi connectivity index (χ3n) is 3.91. The number of thioether (sulfide) groups is 1. The van der Waals surface area contributed by atoms with E-state index in [1.807, 2.05) is 36.4 Å². The van der Waals surface area contributed by atoms with Crippen molar-refractivity contribution in [3.8, 4) is 5.75 Å². The van der Waals surface area contributed by atoms with Gasteiger partial charge in [-0.2, -0.15) is 0 Å². The first kappa shape index (κ1) is 18.4. The molecule has 0 heterocycles. The Bertz CT molecular complexity index is 668. The van der Waals surface area contributed by atoms with E-state index in [4.69, 9.17) is 4.74 Å². The second-order valence-corrected chi connectivity index (χ2v) is 7.13. The summed E-state index contributed by atoms with van der Waals surface area (Å²) in [6.07, 6.45) is 0. The summed E-state index contributed by atoms with van der Waals surface area (Å²) in [5.41, 5.74) is 2.30. The zero-order valence-corrected chi connectivity index (χ0v) is 15.5. The third kappa shape index (κ3) is 5.03. The maximum Gasteiger partial charge on any atom is 0.230 e. The van der Waals surface area contributed by atoms with Gasteiger partial charge in [-0.25, -0.2) is 0 Å². The minimum absolute atomic E-state index is 0.000811. The monoisotopic (exact) mass is 343 g/mol. The Morgan fingerprint density at radius 1 is 1.12 bits per heavy atom. The summed E-state index contributed by atoms with van der Waals surface area (Å²) in [5, 5.41) is 3.16. The number of carbonyl (C=O) groups excluding carboxylic acids is 1. The van der Waals surface area contributed by atoms with Gasteiger partial charge < -0.3 is 10.1 Å². The highest BCUT2D eigenvalue weighted by Gasteiger charge is 2.18. The van der Waals surface area contributed by atoms with E-state index in [0.29, 0.717) is 11.7 Å². The number of hydrogen-bond donors (Lipinski definition) is 1. The van der Waals surface area contributed by atoms with Crippen LogP contribution in [0.1, 0.15) is 31.0 Å². The Morgan fingerprint density at radius 2 is 1.79 bits per heavy atom. The molecule has 2 aromatic rings. The molecule has 0 saturated heterocycles. The highest BCUT2D eigenvalue weighted by molar-refractivity contribution is 8.00. The average Bonchev–Trinajstić information content (AvgIpc) is 2.59. The van der Waals surface area contributed by atoms with Gasteiger partial charge in [0.25, 0.3) is 0 Å². The van der Waals surface area contributed by atoms with Crippen molar-refractivity contribution in [1.29, 1.82) is 0 Å². The standard InChI is InChI=1S/C20H25NO2S/c1-14(2)20(16-9-11-17(23-4)12-10-16)21-19(22)13-24-18-8-6-5-7-15(18)3/h5-12,14,20H,13H2,1-4H3,(H,21,22)/t20-/m1/s1. The summed E-state index contributed by atoms with van der Waals surface area (Å²) in [5.74, 6) is 1.61. The highest BCUT2D eigenvalue weighted by atomic mass is 32.2. The fourth-order valence-electron chi connectivity index (χ4n) is 2.52. The van der Waals surface area contributed by atoms with Crippen LogP contribution in [0.2, 0.25) is 0 Å². The fourth-order valence-corrected chi connectivity index (χ4v) is 3.36. The Kier molecular flexibility index (Phi) is 6.73. The maximum absolute atomic E-state index is 12.4. The van der Waals surface area contributed by atoms with Gasteiger partial charge in [-0.15, -0.1) is 11.8 Å². The average molecular weight is 343 g/mol. The number of ether oxygens (including phenoxy) is 1. The van der Waals surface area contributed by atoms with Gasteiger partial charge in [-0.3, -0.25) is 4.79 Å². The lowest BCUT2D eigenvalue weighted by Crippen LogP contribution is -2.33. The molecule has 0 saturated carbocycles. The van der Waals surface area contributed by atoms with E-state index in [0.717, 1.165) is 16.2 Å². The highest BCUT2D eigenvalue weighted by Crippen LogP contribution is 2.25. The molecule has 3 nitrogen and oxygen atoms in total. The van der Waals surface area contributed by atoms with Crippen molar-refractivity contribution in [3.63, 3.8) is 0 Å². The molecule has 128 valence electrons. The van der Waals surface area contributed by atoms with Crippen LogP contribution in [-0.4, -0.2) is 18.8 Å². The second kappa shape index (κ2) is 8.78. The smallest absolute Gasteiger partial charge is 0.230 e. The van der Waals surface area contributed by atoms with Gasteiger partial charge >= 0.3 is 0 Å². The van der Waals surface area contributed by atoms with Crippen LogP contribution in [0.25, 0.3) is 0 Å². The first-order chi connectivity index (χ1) is 11.5. The molecule has 0 aliphatic rings. The minimum Gasteiger partial charge on any atom is -0.497 e. The first-order valence-corrected chi connectivity index (χ1v) is 9.11. The minimum atomic E-state index is 0.000811. The van der Waals surface area contributed by atoms with Gasteiger partial charge in [0.15, 0.2) is 0 Å². The predicted octanol–water partition coefficient (Wildman–Crippen LogP) is 4.61. The molecular formula is C20H25NO2S. The van der Waals surface area contributed by atoms with Crippen LogP contribution in [0.5, 0.6) is 5.75 Å². The molecule has 24 heavy (non-hydrogen) atoms. The molecule has 0 aromatic heterocycles. The molecule has 0 fully saturated rings. The van der Waals surface area contributed by atoms with Crippen molar-refractivity contribution in [1.82, 2.24) is 5.32 Å². The van der Waals surface area contributed by atoms with E-state index in [9.17, 15) is 4.79 Å². The Hall–Kier alpha value is -1.94. The molecule has 1 N–H and O–H groups in total. The summed E-state index contributed by atoms with van der Waals surface area (Å²) in [4.78, 5) is 13.5. The number of nitrogens with one attached hydrogen (secondary N) is 1. The van der Waals surface area contributed by atoms with E-state index < -0.39 is 0 Å². The molecule has 0 unspecified atom stereocenters. The summed E-state index contributed by atoms with van der Waals surface area (Å²) in [7, 11) is 1.65. The van der Waals surface area contributed by atoms with E-state index >= 15 is 0 Å². The molecule has 1 atom stereocenters. The molecule has 0 aliphatic heterocycles. The van der Waals surface area contributed by atoms with Crippen molar-refractivity contribution in [2.24, 2.45) is 5.92 Å². The van der Waals surface area contributed by atoms with E-state index in [2.05, 4.69) is 38.2 Å². The molecular weight excluding hydrogens is 318 g/mol. The van der Waals surface area contributed by atoms with Gasteiger partial charge in [0, 0.05) is 4.90 Å². The molecule has 1 amide bonds. The lowest BCUT2D eigenvalue weighted by atomic mass is 9.96. The summed E-state index contributed by atoms with van der Waals surface area (Å²) in [6, 6.07) is 16.0. The number of aryl methyl sites for hydroxylation is 1. The fraction of sp³-hybridized carbons (Fsp3) is 0.350. The number of benzene rings is 2. The molecule has 2 aromatic carbocycles.